The Bertz CT molecular complexity index is 573. The molecule has 0 spiro atoms. The summed E-state index contributed by atoms with van der Waals surface area (Å²) in [7, 11) is 0. The first kappa shape index (κ1) is 13.3. The average Bonchev–Trinajstić information content (AvgIpc) is 2.91. The molecule has 1 atom stereocenters. The van der Waals surface area contributed by atoms with Crippen molar-refractivity contribution in [2.24, 2.45) is 0 Å². The van der Waals surface area contributed by atoms with Gasteiger partial charge in [-0.3, -0.25) is 0 Å². The van der Waals surface area contributed by atoms with Crippen molar-refractivity contribution >= 4 is 21.7 Å². The van der Waals surface area contributed by atoms with Crippen LogP contribution in [0, 0.1) is 6.92 Å². The Morgan fingerprint density at radius 3 is 2.70 bits per heavy atom. The first-order valence-corrected chi connectivity index (χ1v) is 7.32. The van der Waals surface area contributed by atoms with Crippen LogP contribution in [0.25, 0.3) is 0 Å². The molecular weight excluding hydrogens is 320 g/mol. The van der Waals surface area contributed by atoms with E-state index in [0.717, 1.165) is 35.4 Å². The highest BCUT2D eigenvalue weighted by Gasteiger charge is 2.25. The van der Waals surface area contributed by atoms with Crippen molar-refractivity contribution in [3.8, 4) is 6.01 Å². The summed E-state index contributed by atoms with van der Waals surface area (Å²) in [6.07, 6.45) is 6.42. The van der Waals surface area contributed by atoms with E-state index in [4.69, 9.17) is 4.74 Å². The van der Waals surface area contributed by atoms with Crippen molar-refractivity contribution in [3.05, 3.63) is 40.8 Å². The van der Waals surface area contributed by atoms with Gasteiger partial charge < -0.3 is 9.64 Å². The summed E-state index contributed by atoms with van der Waals surface area (Å²) >= 11 is 3.39. The van der Waals surface area contributed by atoms with E-state index in [-0.39, 0.29) is 6.10 Å². The molecule has 0 N–H and O–H groups in total. The van der Waals surface area contributed by atoms with E-state index < -0.39 is 0 Å². The molecule has 1 unspecified atom stereocenters. The molecule has 104 valence electrons. The third-order valence-electron chi connectivity index (χ3n) is 3.21. The maximum absolute atomic E-state index is 5.80. The molecule has 0 aromatic carbocycles. The number of aromatic nitrogens is 3. The minimum Gasteiger partial charge on any atom is -0.458 e. The minimum atomic E-state index is 0.114. The van der Waals surface area contributed by atoms with E-state index in [1.165, 1.54) is 0 Å². The van der Waals surface area contributed by atoms with Gasteiger partial charge in [-0.05, 0) is 40.5 Å². The smallest absolute Gasteiger partial charge is 0.316 e. The van der Waals surface area contributed by atoms with E-state index in [9.17, 15) is 0 Å². The summed E-state index contributed by atoms with van der Waals surface area (Å²) in [6, 6.07) is 4.46. The Labute approximate surface area is 126 Å². The fourth-order valence-electron chi connectivity index (χ4n) is 2.18. The Morgan fingerprint density at radius 2 is 2.00 bits per heavy atom. The summed E-state index contributed by atoms with van der Waals surface area (Å²) in [5.41, 5.74) is 1.03. The SMILES string of the molecule is Cc1cnc(OC2CCN(c3ccc(Br)cn3)C2)nc1. The molecule has 2 aromatic heterocycles. The average molecular weight is 335 g/mol. The number of rotatable bonds is 3. The Kier molecular flexibility index (Phi) is 3.82. The molecule has 1 saturated heterocycles. The van der Waals surface area contributed by atoms with Crippen molar-refractivity contribution in [3.63, 3.8) is 0 Å². The molecule has 0 saturated carbocycles. The molecule has 0 bridgehead atoms. The molecule has 1 fully saturated rings. The van der Waals surface area contributed by atoms with Gasteiger partial charge in [-0.1, -0.05) is 0 Å². The first-order valence-electron chi connectivity index (χ1n) is 6.52. The van der Waals surface area contributed by atoms with E-state index in [1.807, 2.05) is 25.3 Å². The molecule has 20 heavy (non-hydrogen) atoms. The number of aryl methyl sites for hydroxylation is 1. The molecule has 1 aliphatic rings. The third kappa shape index (κ3) is 3.07. The highest BCUT2D eigenvalue weighted by molar-refractivity contribution is 9.10. The van der Waals surface area contributed by atoms with Crippen LogP contribution in [-0.2, 0) is 0 Å². The van der Waals surface area contributed by atoms with Crippen molar-refractivity contribution in [2.45, 2.75) is 19.4 Å². The molecule has 0 radical (unpaired) electrons. The molecule has 3 rings (SSSR count). The molecule has 2 aromatic rings. The maximum Gasteiger partial charge on any atom is 0.316 e. The second-order valence-corrected chi connectivity index (χ2v) is 5.77. The normalized spacial score (nSPS) is 18.3. The van der Waals surface area contributed by atoms with Gasteiger partial charge >= 0.3 is 6.01 Å². The second-order valence-electron chi connectivity index (χ2n) is 4.85. The summed E-state index contributed by atoms with van der Waals surface area (Å²) < 4.78 is 6.79. The zero-order chi connectivity index (χ0) is 13.9. The molecular formula is C14H15BrN4O. The number of pyridine rings is 1. The topological polar surface area (TPSA) is 51.1 Å². The van der Waals surface area contributed by atoms with Gasteiger partial charge in [0.05, 0.1) is 6.54 Å². The zero-order valence-electron chi connectivity index (χ0n) is 11.2. The lowest BCUT2D eigenvalue weighted by molar-refractivity contribution is 0.206. The van der Waals surface area contributed by atoms with Gasteiger partial charge in [0.2, 0.25) is 0 Å². The summed E-state index contributed by atoms with van der Waals surface area (Å²) in [5, 5.41) is 0. The fourth-order valence-corrected chi connectivity index (χ4v) is 2.41. The van der Waals surface area contributed by atoms with Crippen LogP contribution < -0.4 is 9.64 Å². The summed E-state index contributed by atoms with van der Waals surface area (Å²) in [5.74, 6) is 0.976. The van der Waals surface area contributed by atoms with Gasteiger partial charge in [0, 0.05) is 36.0 Å². The largest absolute Gasteiger partial charge is 0.458 e. The summed E-state index contributed by atoms with van der Waals surface area (Å²) in [4.78, 5) is 15.0. The lowest BCUT2D eigenvalue weighted by Gasteiger charge is -2.17. The van der Waals surface area contributed by atoms with E-state index in [0.29, 0.717) is 6.01 Å². The predicted molar refractivity (Wildman–Crippen MR) is 80.0 cm³/mol. The standard InChI is InChI=1S/C14H15BrN4O/c1-10-6-17-14(18-7-10)20-12-4-5-19(9-12)13-3-2-11(15)8-16-13/h2-3,6-8,12H,4-5,9H2,1H3. The first-order chi connectivity index (χ1) is 9.70. The maximum atomic E-state index is 5.80. The van der Waals surface area contributed by atoms with Crippen LogP contribution in [0.2, 0.25) is 0 Å². The molecule has 1 aliphatic heterocycles. The zero-order valence-corrected chi connectivity index (χ0v) is 12.7. The predicted octanol–water partition coefficient (Wildman–Crippen LogP) is 2.60. The van der Waals surface area contributed by atoms with Gasteiger partial charge in [-0.15, -0.1) is 0 Å². The van der Waals surface area contributed by atoms with Crippen LogP contribution in [0.4, 0.5) is 5.82 Å². The number of anilines is 1. The van der Waals surface area contributed by atoms with E-state index in [2.05, 4.69) is 35.8 Å². The summed E-state index contributed by atoms with van der Waals surface area (Å²) in [6.45, 7) is 3.71. The number of nitrogens with zero attached hydrogens (tertiary/aromatic N) is 4. The van der Waals surface area contributed by atoms with Crippen molar-refractivity contribution in [2.75, 3.05) is 18.0 Å². The van der Waals surface area contributed by atoms with Crippen LogP contribution in [0.15, 0.2) is 35.2 Å². The van der Waals surface area contributed by atoms with Crippen molar-refractivity contribution in [1.82, 2.24) is 15.0 Å². The van der Waals surface area contributed by atoms with Crippen LogP contribution in [-0.4, -0.2) is 34.1 Å². The van der Waals surface area contributed by atoms with Gasteiger partial charge in [0.1, 0.15) is 11.9 Å². The van der Waals surface area contributed by atoms with E-state index in [1.54, 1.807) is 12.4 Å². The van der Waals surface area contributed by atoms with Crippen LogP contribution in [0.3, 0.4) is 0 Å². The molecule has 6 heteroatoms. The Balaban J connectivity index is 1.62. The van der Waals surface area contributed by atoms with E-state index >= 15 is 0 Å². The Hall–Kier alpha value is -1.69. The van der Waals surface area contributed by atoms with Gasteiger partial charge in [-0.2, -0.15) is 0 Å². The Morgan fingerprint density at radius 1 is 1.20 bits per heavy atom. The second kappa shape index (κ2) is 5.75. The molecule has 5 nitrogen and oxygen atoms in total. The highest BCUT2D eigenvalue weighted by atomic mass is 79.9. The molecule has 0 amide bonds. The van der Waals surface area contributed by atoms with Gasteiger partial charge in [0.25, 0.3) is 0 Å². The van der Waals surface area contributed by atoms with Gasteiger partial charge in [-0.25, -0.2) is 15.0 Å². The van der Waals surface area contributed by atoms with Crippen molar-refractivity contribution < 1.29 is 4.74 Å². The number of ether oxygens (including phenoxy) is 1. The minimum absolute atomic E-state index is 0.114. The van der Waals surface area contributed by atoms with Gasteiger partial charge in [0.15, 0.2) is 0 Å². The van der Waals surface area contributed by atoms with Crippen LogP contribution >= 0.6 is 15.9 Å². The lowest BCUT2D eigenvalue weighted by Crippen LogP contribution is -2.25. The third-order valence-corrected chi connectivity index (χ3v) is 3.68. The number of hydrogen-bond acceptors (Lipinski definition) is 5. The van der Waals surface area contributed by atoms with Crippen LogP contribution in [0.5, 0.6) is 6.01 Å². The molecule has 3 heterocycles. The number of hydrogen-bond donors (Lipinski definition) is 0. The monoisotopic (exact) mass is 334 g/mol. The quantitative estimate of drug-likeness (QED) is 0.863. The van der Waals surface area contributed by atoms with Crippen molar-refractivity contribution in [1.29, 1.82) is 0 Å². The fraction of sp³-hybridized carbons (Fsp3) is 0.357. The van der Waals surface area contributed by atoms with Crippen LogP contribution in [0.1, 0.15) is 12.0 Å². The number of halogens is 1. The molecule has 0 aliphatic carbocycles. The lowest BCUT2D eigenvalue weighted by atomic mass is 10.3. The highest BCUT2D eigenvalue weighted by Crippen LogP contribution is 2.21.